The molecule has 0 aromatic heterocycles. The van der Waals surface area contributed by atoms with Gasteiger partial charge in [0.05, 0.1) is 22.7 Å². The van der Waals surface area contributed by atoms with Gasteiger partial charge in [-0.2, -0.15) is 5.26 Å². The molecule has 6 heteroatoms. The lowest BCUT2D eigenvalue weighted by molar-refractivity contribution is -0.139. The maximum absolute atomic E-state index is 12.8. The van der Waals surface area contributed by atoms with Gasteiger partial charge in [0.15, 0.2) is 18.1 Å². The minimum absolute atomic E-state index is 0.00616. The molecular formula is C20H25BrN2O3. The van der Waals surface area contributed by atoms with Crippen LogP contribution in [0.15, 0.2) is 16.6 Å². The Labute approximate surface area is 163 Å². The monoisotopic (exact) mass is 420 g/mol. The van der Waals surface area contributed by atoms with E-state index in [4.69, 9.17) is 14.7 Å². The summed E-state index contributed by atoms with van der Waals surface area (Å²) in [5.41, 5.74) is 0.486. The van der Waals surface area contributed by atoms with Crippen LogP contribution in [0.25, 0.3) is 0 Å². The second-order valence-electron chi connectivity index (χ2n) is 6.96. The third kappa shape index (κ3) is 4.15. The number of nitrogens with zero attached hydrogens (tertiary/aromatic N) is 2. The highest BCUT2D eigenvalue weighted by atomic mass is 79.9. The van der Waals surface area contributed by atoms with Gasteiger partial charge in [-0.3, -0.25) is 4.79 Å². The standard InChI is InChI=1S/C20H25BrN2O3/c1-2-25-18-11-14(12-22)10-16(21)20(18)26-13-19(24)23-9-5-7-15-6-3-4-8-17(15)23/h10-11,15,17H,2-9,13H2,1H3/t15-,17+/m1/s1. The van der Waals surface area contributed by atoms with Gasteiger partial charge in [-0.25, -0.2) is 0 Å². The number of piperidine rings is 1. The maximum Gasteiger partial charge on any atom is 0.260 e. The first-order chi connectivity index (χ1) is 12.6. The molecule has 140 valence electrons. The molecule has 0 spiro atoms. The van der Waals surface area contributed by atoms with Crippen molar-refractivity contribution < 1.29 is 14.3 Å². The summed E-state index contributed by atoms with van der Waals surface area (Å²) in [5, 5.41) is 9.12. The predicted molar refractivity (Wildman–Crippen MR) is 102 cm³/mol. The second kappa shape index (κ2) is 8.77. The van der Waals surface area contributed by atoms with Crippen LogP contribution in [0.3, 0.4) is 0 Å². The Morgan fingerprint density at radius 1 is 1.27 bits per heavy atom. The van der Waals surface area contributed by atoms with Crippen LogP contribution in [0.5, 0.6) is 11.5 Å². The first-order valence-corrected chi connectivity index (χ1v) is 10.2. The summed E-state index contributed by atoms with van der Waals surface area (Å²) in [5.74, 6) is 1.67. The van der Waals surface area contributed by atoms with E-state index >= 15 is 0 Å². The fourth-order valence-corrected chi connectivity index (χ4v) is 4.74. The molecule has 1 heterocycles. The van der Waals surface area contributed by atoms with E-state index in [0.717, 1.165) is 19.4 Å². The molecule has 0 unspecified atom stereocenters. The Kier molecular flexibility index (Phi) is 6.42. The molecule has 2 aliphatic rings. The summed E-state index contributed by atoms with van der Waals surface area (Å²) in [7, 11) is 0. The van der Waals surface area contributed by atoms with Crippen molar-refractivity contribution in [1.82, 2.24) is 4.90 Å². The van der Waals surface area contributed by atoms with Gasteiger partial charge in [-0.15, -0.1) is 0 Å². The van der Waals surface area contributed by atoms with Crippen molar-refractivity contribution in [2.24, 2.45) is 5.92 Å². The molecule has 0 radical (unpaired) electrons. The Bertz CT molecular complexity index is 699. The van der Waals surface area contributed by atoms with Gasteiger partial charge >= 0.3 is 0 Å². The van der Waals surface area contributed by atoms with E-state index < -0.39 is 0 Å². The number of amides is 1. The zero-order valence-corrected chi connectivity index (χ0v) is 16.8. The zero-order chi connectivity index (χ0) is 18.5. The first kappa shape index (κ1) is 19.0. The number of halogens is 1. The van der Waals surface area contributed by atoms with Crippen molar-refractivity contribution >= 4 is 21.8 Å². The molecule has 1 aromatic carbocycles. The van der Waals surface area contributed by atoms with Crippen LogP contribution in [0, 0.1) is 17.2 Å². The van der Waals surface area contributed by atoms with Crippen LogP contribution >= 0.6 is 15.9 Å². The minimum atomic E-state index is -0.00616. The number of fused-ring (bicyclic) bond motifs is 1. The number of hydrogen-bond donors (Lipinski definition) is 0. The minimum Gasteiger partial charge on any atom is -0.490 e. The predicted octanol–water partition coefficient (Wildman–Crippen LogP) is 4.28. The number of nitriles is 1. The summed E-state index contributed by atoms with van der Waals surface area (Å²) in [4.78, 5) is 14.9. The fraction of sp³-hybridized carbons (Fsp3) is 0.600. The quantitative estimate of drug-likeness (QED) is 0.712. The molecule has 1 aliphatic heterocycles. The van der Waals surface area contributed by atoms with Crippen LogP contribution in [0.1, 0.15) is 51.0 Å². The molecule has 2 fully saturated rings. The largest absolute Gasteiger partial charge is 0.490 e. The summed E-state index contributed by atoms with van der Waals surface area (Å²) in [6, 6.07) is 5.81. The lowest BCUT2D eigenvalue weighted by atomic mass is 9.78. The highest BCUT2D eigenvalue weighted by molar-refractivity contribution is 9.10. The fourth-order valence-electron chi connectivity index (χ4n) is 4.19. The average Bonchev–Trinajstić information content (AvgIpc) is 2.66. The van der Waals surface area contributed by atoms with Gasteiger partial charge in [-0.1, -0.05) is 12.8 Å². The molecule has 3 rings (SSSR count). The van der Waals surface area contributed by atoms with Crippen LogP contribution in [0.2, 0.25) is 0 Å². The molecule has 26 heavy (non-hydrogen) atoms. The molecule has 1 amide bonds. The number of benzene rings is 1. The van der Waals surface area contributed by atoms with Crippen molar-refractivity contribution in [2.75, 3.05) is 19.8 Å². The SMILES string of the molecule is CCOc1cc(C#N)cc(Br)c1OCC(=O)N1CCC[C@H]2CCCC[C@@H]21. The summed E-state index contributed by atoms with van der Waals surface area (Å²) in [6.45, 7) is 3.16. The van der Waals surface area contributed by atoms with E-state index in [1.54, 1.807) is 12.1 Å². The lowest BCUT2D eigenvalue weighted by Crippen LogP contribution is -2.51. The molecule has 2 atom stereocenters. The highest BCUT2D eigenvalue weighted by Gasteiger charge is 2.35. The number of ether oxygens (including phenoxy) is 2. The molecule has 1 saturated heterocycles. The van der Waals surface area contributed by atoms with Crippen LogP contribution in [-0.4, -0.2) is 36.6 Å². The van der Waals surface area contributed by atoms with E-state index in [9.17, 15) is 4.79 Å². The lowest BCUT2D eigenvalue weighted by Gasteiger charge is -2.44. The van der Waals surface area contributed by atoms with Crippen LogP contribution in [-0.2, 0) is 4.79 Å². The number of carbonyl (C=O) groups is 1. The maximum atomic E-state index is 12.8. The Morgan fingerprint density at radius 2 is 2.04 bits per heavy atom. The molecule has 5 nitrogen and oxygen atoms in total. The molecule has 1 aromatic rings. The number of hydrogen-bond acceptors (Lipinski definition) is 4. The summed E-state index contributed by atoms with van der Waals surface area (Å²) >= 11 is 3.43. The van der Waals surface area contributed by atoms with Gasteiger partial charge in [0, 0.05) is 18.7 Å². The summed E-state index contributed by atoms with van der Waals surface area (Å²) in [6.07, 6.45) is 7.17. The Hall–Kier alpha value is -1.74. The zero-order valence-electron chi connectivity index (χ0n) is 15.2. The summed E-state index contributed by atoms with van der Waals surface area (Å²) < 4.78 is 12.1. The van der Waals surface area contributed by atoms with Gasteiger partial charge in [0.2, 0.25) is 0 Å². The van der Waals surface area contributed by atoms with Crippen molar-refractivity contribution in [1.29, 1.82) is 5.26 Å². The smallest absolute Gasteiger partial charge is 0.260 e. The van der Waals surface area contributed by atoms with Crippen molar-refractivity contribution in [3.63, 3.8) is 0 Å². The van der Waals surface area contributed by atoms with E-state index in [2.05, 4.69) is 22.0 Å². The molecular weight excluding hydrogens is 396 g/mol. The van der Waals surface area contributed by atoms with Crippen LogP contribution < -0.4 is 9.47 Å². The van der Waals surface area contributed by atoms with Gasteiger partial charge < -0.3 is 14.4 Å². The number of likely N-dealkylation sites (tertiary alicyclic amines) is 1. The Balaban J connectivity index is 1.70. The van der Waals surface area contributed by atoms with Gasteiger partial charge in [0.25, 0.3) is 5.91 Å². The van der Waals surface area contributed by atoms with Gasteiger partial charge in [-0.05, 0) is 60.5 Å². The number of rotatable bonds is 5. The number of carbonyl (C=O) groups excluding carboxylic acids is 1. The molecule has 0 N–H and O–H groups in total. The van der Waals surface area contributed by atoms with Crippen molar-refractivity contribution in [2.45, 2.75) is 51.5 Å². The highest BCUT2D eigenvalue weighted by Crippen LogP contribution is 2.38. The topological polar surface area (TPSA) is 62.6 Å². The first-order valence-electron chi connectivity index (χ1n) is 9.42. The average molecular weight is 421 g/mol. The third-order valence-electron chi connectivity index (χ3n) is 5.34. The van der Waals surface area contributed by atoms with E-state index in [0.29, 0.717) is 40.1 Å². The molecule has 0 bridgehead atoms. The van der Waals surface area contributed by atoms with Crippen molar-refractivity contribution in [3.8, 4) is 17.6 Å². The molecule has 1 saturated carbocycles. The van der Waals surface area contributed by atoms with Crippen molar-refractivity contribution in [3.05, 3.63) is 22.2 Å². The Morgan fingerprint density at radius 3 is 2.81 bits per heavy atom. The third-order valence-corrected chi connectivity index (χ3v) is 5.93. The van der Waals surface area contributed by atoms with E-state index in [-0.39, 0.29) is 12.5 Å². The normalized spacial score (nSPS) is 22.3. The van der Waals surface area contributed by atoms with E-state index in [1.807, 2.05) is 11.8 Å². The second-order valence-corrected chi connectivity index (χ2v) is 7.81. The van der Waals surface area contributed by atoms with Gasteiger partial charge in [0.1, 0.15) is 0 Å². The van der Waals surface area contributed by atoms with Crippen LogP contribution in [0.4, 0.5) is 0 Å². The van der Waals surface area contributed by atoms with E-state index in [1.165, 1.54) is 25.7 Å². The molecule has 1 aliphatic carbocycles.